The lowest BCUT2D eigenvalue weighted by Gasteiger charge is -2.22. The van der Waals surface area contributed by atoms with Crippen LogP contribution in [-0.2, 0) is 31.8 Å². The lowest BCUT2D eigenvalue weighted by atomic mass is 9.97. The first-order valence-corrected chi connectivity index (χ1v) is 14.0. The van der Waals surface area contributed by atoms with Gasteiger partial charge in [0.15, 0.2) is 0 Å². The number of nitrogens with one attached hydrogen (secondary N) is 1. The van der Waals surface area contributed by atoms with E-state index in [1.54, 1.807) is 0 Å². The molecule has 3 aromatic rings. The summed E-state index contributed by atoms with van der Waals surface area (Å²) in [5.74, 6) is -3.98. The van der Waals surface area contributed by atoms with Crippen molar-refractivity contribution in [2.45, 2.75) is 25.3 Å². The molecule has 0 saturated carbocycles. The summed E-state index contributed by atoms with van der Waals surface area (Å²) >= 11 is 0. The number of aliphatic carboxylic acids is 1. The van der Waals surface area contributed by atoms with Gasteiger partial charge in [-0.15, -0.1) is 0 Å². The lowest BCUT2D eigenvalue weighted by molar-refractivity contribution is -0.143. The molecule has 5 N–H and O–H groups in total. The second kappa shape index (κ2) is 13.0. The average molecular weight is 523 g/mol. The molecule has 194 valence electrons. The molecule has 0 aliphatic heterocycles. The van der Waals surface area contributed by atoms with Crippen molar-refractivity contribution in [2.75, 3.05) is 12.3 Å². The maximum atomic E-state index is 13.1. The number of hydrogen-bond donors (Lipinski definition) is 4. The second-order valence-electron chi connectivity index (χ2n) is 9.02. The van der Waals surface area contributed by atoms with Crippen molar-refractivity contribution in [2.24, 2.45) is 11.7 Å². The minimum absolute atomic E-state index is 0.0165. The monoisotopic (exact) mass is 522 g/mol. The Morgan fingerprint density at radius 1 is 0.838 bits per heavy atom. The molecule has 0 heterocycles. The Bertz CT molecular complexity index is 1250. The third-order valence-electron chi connectivity index (χ3n) is 6.03. The van der Waals surface area contributed by atoms with Crippen molar-refractivity contribution >= 4 is 25.2 Å². The van der Waals surface area contributed by atoms with Crippen molar-refractivity contribution in [3.05, 3.63) is 96.1 Å². The number of carboxylic acids is 1. The van der Waals surface area contributed by atoms with Gasteiger partial charge in [0.05, 0.1) is 12.3 Å². The van der Waals surface area contributed by atoms with E-state index in [1.165, 1.54) is 0 Å². The van der Waals surface area contributed by atoms with E-state index in [-0.39, 0.29) is 18.7 Å². The number of carbonyl (C=O) groups excluding carboxylic acids is 2. The molecule has 8 nitrogen and oxygen atoms in total. The number of carbonyl (C=O) groups is 3. The van der Waals surface area contributed by atoms with Crippen LogP contribution in [0.25, 0.3) is 11.1 Å². The van der Waals surface area contributed by atoms with Crippen molar-refractivity contribution in [1.29, 1.82) is 0 Å². The summed E-state index contributed by atoms with van der Waals surface area (Å²) in [5, 5.41) is 11.7. The molecule has 0 fully saturated rings. The quantitative estimate of drug-likeness (QED) is 0.253. The molecule has 3 rings (SSSR count). The second-order valence-corrected chi connectivity index (χ2v) is 11.5. The summed E-state index contributed by atoms with van der Waals surface area (Å²) < 4.78 is 13.1. The van der Waals surface area contributed by atoms with Gasteiger partial charge in [-0.1, -0.05) is 84.9 Å². The maximum absolute atomic E-state index is 13.1. The number of aryl methyl sites for hydroxylation is 1. The number of carboxylic acid groups (broad SMARTS) is 1. The van der Waals surface area contributed by atoms with E-state index in [2.05, 4.69) is 5.32 Å². The zero-order chi connectivity index (χ0) is 26.8. The fraction of sp³-hybridized carbons (Fsp3) is 0.250. The summed E-state index contributed by atoms with van der Waals surface area (Å²) in [4.78, 5) is 46.7. The number of primary amides is 1. The normalized spacial score (nSPS) is 14.2. The predicted molar refractivity (Wildman–Crippen MR) is 142 cm³/mol. The number of hydrogen-bond acceptors (Lipinski definition) is 4. The van der Waals surface area contributed by atoms with E-state index in [9.17, 15) is 28.9 Å². The molecular formula is C28H31N2O6P. The van der Waals surface area contributed by atoms with Crippen LogP contribution in [0.5, 0.6) is 0 Å². The fourth-order valence-corrected chi connectivity index (χ4v) is 5.84. The van der Waals surface area contributed by atoms with Gasteiger partial charge in [-0.2, -0.15) is 0 Å². The van der Waals surface area contributed by atoms with E-state index >= 15 is 0 Å². The average Bonchev–Trinajstić information content (AvgIpc) is 2.88. The van der Waals surface area contributed by atoms with Crippen molar-refractivity contribution in [1.82, 2.24) is 5.32 Å². The van der Waals surface area contributed by atoms with Crippen LogP contribution in [0.4, 0.5) is 0 Å². The highest BCUT2D eigenvalue weighted by Crippen LogP contribution is 2.43. The number of rotatable bonds is 13. The van der Waals surface area contributed by atoms with Crippen LogP contribution in [0.3, 0.4) is 0 Å². The van der Waals surface area contributed by atoms with Crippen LogP contribution in [-0.4, -0.2) is 46.1 Å². The van der Waals surface area contributed by atoms with E-state index in [0.29, 0.717) is 6.42 Å². The molecule has 3 unspecified atom stereocenters. The highest BCUT2D eigenvalue weighted by molar-refractivity contribution is 7.58. The van der Waals surface area contributed by atoms with Gasteiger partial charge in [0, 0.05) is 12.3 Å². The maximum Gasteiger partial charge on any atom is 0.326 e. The van der Waals surface area contributed by atoms with Crippen LogP contribution in [0, 0.1) is 5.92 Å². The standard InChI is InChI=1S/C28H31N2O6P/c29-26(31)18-25(28(33)34)30-27(32)24(19-37(35,36)16-15-20-7-3-1-4-8-20)17-21-11-13-23(14-12-21)22-9-5-2-6-10-22/h1-14,24-25H,15-19H2,(H2,29,31)(H,30,32)(H,33,34)(H,35,36). The minimum Gasteiger partial charge on any atom is -0.480 e. The Balaban J connectivity index is 1.78. The smallest absolute Gasteiger partial charge is 0.326 e. The van der Waals surface area contributed by atoms with Crippen LogP contribution in [0.15, 0.2) is 84.9 Å². The van der Waals surface area contributed by atoms with Crippen molar-refractivity contribution in [3.8, 4) is 11.1 Å². The Hall–Kier alpha value is -3.74. The molecule has 0 spiro atoms. The van der Waals surface area contributed by atoms with Crippen LogP contribution in [0.1, 0.15) is 17.5 Å². The highest BCUT2D eigenvalue weighted by atomic mass is 31.2. The number of amides is 2. The van der Waals surface area contributed by atoms with E-state index < -0.39 is 43.5 Å². The number of nitrogens with two attached hydrogens (primary N) is 1. The van der Waals surface area contributed by atoms with Crippen LogP contribution in [0.2, 0.25) is 0 Å². The SMILES string of the molecule is NC(=O)CC(NC(=O)C(Cc1ccc(-c2ccccc2)cc1)CP(=O)(O)CCc1ccccc1)C(=O)O. The third kappa shape index (κ3) is 9.01. The Kier molecular flexibility index (Phi) is 9.78. The fourth-order valence-electron chi connectivity index (χ4n) is 4.06. The summed E-state index contributed by atoms with van der Waals surface area (Å²) in [6, 6.07) is 25.0. The molecule has 0 aromatic heterocycles. The molecule has 37 heavy (non-hydrogen) atoms. The summed E-state index contributed by atoms with van der Waals surface area (Å²) in [6.07, 6.45) is -0.426. The van der Waals surface area contributed by atoms with Gasteiger partial charge in [-0.25, -0.2) is 4.79 Å². The predicted octanol–water partition coefficient (Wildman–Crippen LogP) is 3.47. The van der Waals surface area contributed by atoms with Gasteiger partial charge in [0.2, 0.25) is 19.2 Å². The molecular weight excluding hydrogens is 491 g/mol. The lowest BCUT2D eigenvalue weighted by Crippen LogP contribution is -2.46. The Morgan fingerprint density at radius 2 is 1.41 bits per heavy atom. The Labute approximate surface area is 216 Å². The zero-order valence-corrected chi connectivity index (χ0v) is 21.2. The first kappa shape index (κ1) is 27.8. The molecule has 0 bridgehead atoms. The minimum atomic E-state index is -3.76. The van der Waals surface area contributed by atoms with Crippen LogP contribution < -0.4 is 11.1 Å². The Morgan fingerprint density at radius 3 is 1.97 bits per heavy atom. The molecule has 3 aromatic carbocycles. The van der Waals surface area contributed by atoms with Crippen LogP contribution >= 0.6 is 7.37 Å². The van der Waals surface area contributed by atoms with E-state index in [4.69, 9.17) is 5.73 Å². The third-order valence-corrected chi connectivity index (χ3v) is 7.97. The van der Waals surface area contributed by atoms with Gasteiger partial charge >= 0.3 is 5.97 Å². The van der Waals surface area contributed by atoms with Crippen molar-refractivity contribution < 1.29 is 28.9 Å². The summed E-state index contributed by atoms with van der Waals surface area (Å²) in [7, 11) is -3.76. The van der Waals surface area contributed by atoms with Gasteiger partial charge in [0.1, 0.15) is 6.04 Å². The number of benzene rings is 3. The van der Waals surface area contributed by atoms with Crippen molar-refractivity contribution in [3.63, 3.8) is 0 Å². The van der Waals surface area contributed by atoms with E-state index in [1.807, 2.05) is 84.9 Å². The zero-order valence-electron chi connectivity index (χ0n) is 20.3. The summed E-state index contributed by atoms with van der Waals surface area (Å²) in [6.45, 7) is 0. The highest BCUT2D eigenvalue weighted by Gasteiger charge is 2.32. The molecule has 0 saturated heterocycles. The molecule has 9 heteroatoms. The first-order valence-electron chi connectivity index (χ1n) is 11.9. The molecule has 2 amide bonds. The first-order chi connectivity index (χ1) is 17.6. The van der Waals surface area contributed by atoms with Gasteiger partial charge < -0.3 is 21.1 Å². The molecule has 0 aliphatic carbocycles. The van der Waals surface area contributed by atoms with Gasteiger partial charge in [-0.3, -0.25) is 14.2 Å². The summed E-state index contributed by atoms with van der Waals surface area (Å²) in [5.41, 5.74) is 8.79. The molecule has 0 aliphatic rings. The molecule has 3 atom stereocenters. The van der Waals surface area contributed by atoms with Gasteiger partial charge in [0.25, 0.3) is 0 Å². The topological polar surface area (TPSA) is 147 Å². The molecule has 0 radical (unpaired) electrons. The van der Waals surface area contributed by atoms with E-state index in [0.717, 1.165) is 22.3 Å². The van der Waals surface area contributed by atoms with Gasteiger partial charge in [-0.05, 0) is 35.1 Å². The largest absolute Gasteiger partial charge is 0.480 e.